The van der Waals surface area contributed by atoms with Crippen molar-refractivity contribution >= 4 is 15.7 Å². The van der Waals surface area contributed by atoms with Crippen molar-refractivity contribution in [3.8, 4) is 11.1 Å². The van der Waals surface area contributed by atoms with Crippen LogP contribution in [-0.4, -0.2) is 53.6 Å². The lowest BCUT2D eigenvalue weighted by atomic mass is 9.81. The van der Waals surface area contributed by atoms with Crippen LogP contribution < -0.4 is 4.90 Å². The van der Waals surface area contributed by atoms with Crippen molar-refractivity contribution in [2.24, 2.45) is 13.0 Å². The molecule has 7 nitrogen and oxygen atoms in total. The van der Waals surface area contributed by atoms with Crippen LogP contribution in [0.3, 0.4) is 0 Å². The number of nitrogens with zero attached hydrogens (tertiary/aromatic N) is 4. The number of likely N-dealkylation sites (N-methyl/N-ethyl adjacent to an activating group) is 1. The zero-order valence-electron chi connectivity index (χ0n) is 17.6. The second-order valence-corrected chi connectivity index (χ2v) is 10.2. The van der Waals surface area contributed by atoms with Gasteiger partial charge in [0.05, 0.1) is 25.0 Å². The van der Waals surface area contributed by atoms with Gasteiger partial charge in [-0.15, -0.1) is 0 Å². The first-order valence-electron chi connectivity index (χ1n) is 10.4. The number of aryl methyl sites for hydroxylation is 1. The van der Waals surface area contributed by atoms with E-state index in [1.54, 1.807) is 22.1 Å². The van der Waals surface area contributed by atoms with Crippen LogP contribution in [0.25, 0.3) is 11.1 Å². The van der Waals surface area contributed by atoms with Crippen LogP contribution in [0.5, 0.6) is 0 Å². The highest BCUT2D eigenvalue weighted by atomic mass is 32.2. The fourth-order valence-corrected chi connectivity index (χ4v) is 6.77. The van der Waals surface area contributed by atoms with E-state index in [1.807, 2.05) is 31.3 Å². The van der Waals surface area contributed by atoms with E-state index in [0.29, 0.717) is 13.0 Å². The van der Waals surface area contributed by atoms with Gasteiger partial charge in [0.2, 0.25) is 0 Å². The molecule has 3 atom stereocenters. The first-order valence-corrected chi connectivity index (χ1v) is 11.9. The van der Waals surface area contributed by atoms with Gasteiger partial charge in [-0.05, 0) is 35.2 Å². The van der Waals surface area contributed by atoms with Crippen molar-refractivity contribution in [2.75, 3.05) is 25.1 Å². The molecule has 1 saturated heterocycles. The third-order valence-electron chi connectivity index (χ3n) is 6.66. The first-order chi connectivity index (χ1) is 14.9. The summed E-state index contributed by atoms with van der Waals surface area (Å²) in [6.45, 7) is 0.391. The van der Waals surface area contributed by atoms with Gasteiger partial charge in [-0.3, -0.25) is 0 Å². The van der Waals surface area contributed by atoms with Gasteiger partial charge >= 0.3 is 0 Å². The summed E-state index contributed by atoms with van der Waals surface area (Å²) >= 11 is 0. The predicted octanol–water partition coefficient (Wildman–Crippen LogP) is 2.65. The summed E-state index contributed by atoms with van der Waals surface area (Å²) in [5.74, 6) is 0.00649. The van der Waals surface area contributed by atoms with Gasteiger partial charge in [0.1, 0.15) is 0 Å². The second-order valence-electron chi connectivity index (χ2n) is 8.39. The third-order valence-corrected chi connectivity index (χ3v) is 8.43. The number of hydrogen-bond donors (Lipinski definition) is 1. The van der Waals surface area contributed by atoms with Crippen molar-refractivity contribution in [1.29, 1.82) is 0 Å². The molecule has 2 aliphatic rings. The van der Waals surface area contributed by atoms with Gasteiger partial charge in [0.25, 0.3) is 10.0 Å². The van der Waals surface area contributed by atoms with Crippen LogP contribution in [0.4, 0.5) is 5.69 Å². The van der Waals surface area contributed by atoms with Crippen molar-refractivity contribution in [3.05, 3.63) is 66.6 Å². The highest BCUT2D eigenvalue weighted by Gasteiger charge is 2.50. The Morgan fingerprint density at radius 1 is 1.10 bits per heavy atom. The molecule has 0 aliphatic carbocycles. The van der Waals surface area contributed by atoms with Crippen molar-refractivity contribution in [2.45, 2.75) is 23.5 Å². The quantitative estimate of drug-likeness (QED) is 0.678. The standard InChI is InChI=1S/C23H26N4O3S/c1-25-13-22(24-15-25)31(29,30)27-11-10-18-21(14-28)26(2)20-9-8-17(12-19(20)23(18)27)16-6-4-3-5-7-16/h3-9,12-13,15,18,21,23,28H,10-11,14H2,1-2H3/t18-,21+,23-/m1/s1. The van der Waals surface area contributed by atoms with Gasteiger partial charge in [-0.25, -0.2) is 13.4 Å². The number of rotatable bonds is 4. The summed E-state index contributed by atoms with van der Waals surface area (Å²) < 4.78 is 30.3. The molecular weight excluding hydrogens is 412 g/mol. The molecule has 0 saturated carbocycles. The number of aliphatic hydroxyl groups excluding tert-OH is 1. The van der Waals surface area contributed by atoms with E-state index < -0.39 is 10.0 Å². The Kier molecular flexibility index (Phi) is 4.88. The predicted molar refractivity (Wildman–Crippen MR) is 119 cm³/mol. The molecule has 2 aliphatic heterocycles. The summed E-state index contributed by atoms with van der Waals surface area (Å²) in [4.78, 5) is 6.22. The fraction of sp³-hybridized carbons (Fsp3) is 0.348. The normalized spacial score (nSPS) is 23.6. The summed E-state index contributed by atoms with van der Waals surface area (Å²) in [7, 11) is -0.0146. The van der Waals surface area contributed by atoms with E-state index in [0.717, 1.165) is 22.4 Å². The average Bonchev–Trinajstić information content (AvgIpc) is 3.42. The van der Waals surface area contributed by atoms with E-state index in [9.17, 15) is 13.5 Å². The maximum atomic E-state index is 13.5. The Balaban J connectivity index is 1.65. The van der Waals surface area contributed by atoms with Crippen LogP contribution in [0, 0.1) is 5.92 Å². The van der Waals surface area contributed by atoms with E-state index in [-0.39, 0.29) is 29.6 Å². The van der Waals surface area contributed by atoms with Gasteiger partial charge in [-0.2, -0.15) is 4.31 Å². The SMILES string of the molecule is CN1c2ccc(-c3ccccc3)cc2[C@H]2[C@H](CCN2S(=O)(=O)c2cn(C)cn2)[C@@H]1CO. The van der Waals surface area contributed by atoms with Crippen molar-refractivity contribution < 1.29 is 13.5 Å². The molecule has 0 unspecified atom stereocenters. The number of sulfonamides is 1. The monoisotopic (exact) mass is 438 g/mol. The number of aliphatic hydroxyl groups is 1. The molecule has 1 aromatic heterocycles. The van der Waals surface area contributed by atoms with Crippen LogP contribution in [0.1, 0.15) is 18.0 Å². The molecule has 8 heteroatoms. The molecule has 5 rings (SSSR count). The van der Waals surface area contributed by atoms with E-state index in [1.165, 1.54) is 6.33 Å². The van der Waals surface area contributed by atoms with E-state index in [4.69, 9.17) is 0 Å². The van der Waals surface area contributed by atoms with E-state index >= 15 is 0 Å². The number of anilines is 1. The number of benzene rings is 2. The van der Waals surface area contributed by atoms with Crippen LogP contribution in [0.2, 0.25) is 0 Å². The van der Waals surface area contributed by atoms with Gasteiger partial charge in [0, 0.05) is 38.4 Å². The largest absolute Gasteiger partial charge is 0.394 e. The molecule has 0 radical (unpaired) electrons. The fourth-order valence-electron chi connectivity index (χ4n) is 5.13. The molecule has 162 valence electrons. The molecule has 0 bridgehead atoms. The minimum atomic E-state index is -3.76. The first kappa shape index (κ1) is 20.2. The second kappa shape index (κ2) is 7.47. The van der Waals surface area contributed by atoms with Crippen molar-refractivity contribution in [3.63, 3.8) is 0 Å². The molecule has 31 heavy (non-hydrogen) atoms. The molecule has 2 aromatic carbocycles. The van der Waals surface area contributed by atoms with Crippen LogP contribution in [0.15, 0.2) is 66.1 Å². The minimum Gasteiger partial charge on any atom is -0.394 e. The Morgan fingerprint density at radius 2 is 1.87 bits per heavy atom. The summed E-state index contributed by atoms with van der Waals surface area (Å²) in [5, 5.41) is 10.2. The zero-order valence-corrected chi connectivity index (χ0v) is 18.4. The van der Waals surface area contributed by atoms with Gasteiger partial charge in [0.15, 0.2) is 5.03 Å². The highest BCUT2D eigenvalue weighted by molar-refractivity contribution is 7.89. The molecule has 0 amide bonds. The number of fused-ring (bicyclic) bond motifs is 3. The molecule has 3 aromatic rings. The summed E-state index contributed by atoms with van der Waals surface area (Å²) in [6, 6.07) is 15.8. The summed E-state index contributed by atoms with van der Waals surface area (Å²) in [5.41, 5.74) is 4.08. The topological polar surface area (TPSA) is 78.7 Å². The smallest absolute Gasteiger partial charge is 0.262 e. The highest BCUT2D eigenvalue weighted by Crippen LogP contribution is 2.50. The molecule has 0 spiro atoms. The van der Waals surface area contributed by atoms with Gasteiger partial charge < -0.3 is 14.6 Å². The molecule has 1 fully saturated rings. The zero-order chi connectivity index (χ0) is 21.8. The van der Waals surface area contributed by atoms with E-state index in [2.05, 4.69) is 34.1 Å². The third kappa shape index (κ3) is 3.17. The van der Waals surface area contributed by atoms with Gasteiger partial charge in [-0.1, -0.05) is 36.4 Å². The minimum absolute atomic E-state index is 0.00649. The summed E-state index contributed by atoms with van der Waals surface area (Å²) in [6.07, 6.45) is 3.75. The maximum absolute atomic E-state index is 13.5. The number of aromatic nitrogens is 2. The maximum Gasteiger partial charge on any atom is 0.262 e. The Bertz CT molecular complexity index is 1210. The van der Waals surface area contributed by atoms with Crippen molar-refractivity contribution in [1.82, 2.24) is 13.9 Å². The Morgan fingerprint density at radius 3 is 2.55 bits per heavy atom. The van der Waals surface area contributed by atoms with Crippen LogP contribution >= 0.6 is 0 Å². The lowest BCUT2D eigenvalue weighted by molar-refractivity contribution is 0.193. The number of imidazole rings is 1. The lowest BCUT2D eigenvalue weighted by Gasteiger charge is -2.44. The molecule has 3 heterocycles. The Labute approximate surface area is 182 Å². The average molecular weight is 439 g/mol. The molecular formula is C23H26N4O3S. The lowest BCUT2D eigenvalue weighted by Crippen LogP contribution is -2.48. The number of hydrogen-bond acceptors (Lipinski definition) is 5. The Hall–Kier alpha value is -2.68. The molecule has 1 N–H and O–H groups in total. The van der Waals surface area contributed by atoms with Crippen LogP contribution in [-0.2, 0) is 17.1 Å².